The summed E-state index contributed by atoms with van der Waals surface area (Å²) in [6.07, 6.45) is 0. The molecule has 0 saturated carbocycles. The van der Waals surface area contributed by atoms with Crippen LogP contribution in [0.5, 0.6) is 5.75 Å². The van der Waals surface area contributed by atoms with Crippen LogP contribution in [0.3, 0.4) is 0 Å². The zero-order valence-electron chi connectivity index (χ0n) is 15.9. The Morgan fingerprint density at radius 1 is 0.704 bits per heavy atom. The summed E-state index contributed by atoms with van der Waals surface area (Å²) in [6, 6.07) is 28.3. The Morgan fingerprint density at radius 2 is 1.44 bits per heavy atom. The van der Waals surface area contributed by atoms with Crippen molar-refractivity contribution >= 4 is 10.8 Å². The first kappa shape index (κ1) is 16.1. The van der Waals surface area contributed by atoms with Crippen molar-refractivity contribution in [2.75, 3.05) is 7.11 Å². The van der Waals surface area contributed by atoms with Gasteiger partial charge in [-0.25, -0.2) is 0 Å². The molecule has 27 heavy (non-hydrogen) atoms. The van der Waals surface area contributed by atoms with E-state index in [4.69, 9.17) is 4.74 Å². The van der Waals surface area contributed by atoms with Gasteiger partial charge in [0, 0.05) is 11.0 Å². The van der Waals surface area contributed by atoms with Crippen LogP contribution in [0.15, 0.2) is 78.9 Å². The standard InChI is InChI=1S/C26H22O/c1-26(2)21-14-7-11-18-15-16-22(27-3)24(23(18)21)20-13-8-12-19(25(20)26)17-9-5-4-6-10-17/h4-16H,1-3H3. The van der Waals surface area contributed by atoms with Gasteiger partial charge in [0.1, 0.15) is 5.75 Å². The third-order valence-electron chi connectivity index (χ3n) is 5.94. The molecule has 5 rings (SSSR count). The monoisotopic (exact) mass is 350 g/mol. The van der Waals surface area contributed by atoms with E-state index >= 15 is 0 Å². The predicted octanol–water partition coefficient (Wildman–Crippen LogP) is 6.82. The smallest absolute Gasteiger partial charge is 0.127 e. The number of ether oxygens (including phenoxy) is 1. The van der Waals surface area contributed by atoms with E-state index in [9.17, 15) is 0 Å². The van der Waals surface area contributed by atoms with Crippen LogP contribution in [0, 0.1) is 0 Å². The zero-order chi connectivity index (χ0) is 18.6. The third kappa shape index (κ3) is 2.18. The molecule has 1 heteroatoms. The van der Waals surface area contributed by atoms with Crippen molar-refractivity contribution in [3.8, 4) is 28.0 Å². The van der Waals surface area contributed by atoms with Crippen LogP contribution in [0.4, 0.5) is 0 Å². The van der Waals surface area contributed by atoms with Gasteiger partial charge in [-0.1, -0.05) is 86.6 Å². The molecule has 0 fully saturated rings. The quantitative estimate of drug-likeness (QED) is 0.385. The van der Waals surface area contributed by atoms with E-state index in [0.717, 1.165) is 5.75 Å². The van der Waals surface area contributed by atoms with E-state index in [1.807, 2.05) is 0 Å². The second-order valence-electron chi connectivity index (χ2n) is 7.77. The van der Waals surface area contributed by atoms with E-state index in [1.165, 1.54) is 44.2 Å². The SMILES string of the molecule is COc1ccc2cccc3c2c1-c1cccc(-c2ccccc2)c1C3(C)C. The molecule has 0 saturated heterocycles. The van der Waals surface area contributed by atoms with Crippen LogP contribution in [-0.4, -0.2) is 7.11 Å². The lowest BCUT2D eigenvalue weighted by Gasteiger charge is -2.37. The first-order valence-corrected chi connectivity index (χ1v) is 9.42. The van der Waals surface area contributed by atoms with Gasteiger partial charge in [-0.3, -0.25) is 0 Å². The number of benzene rings is 4. The van der Waals surface area contributed by atoms with Gasteiger partial charge in [-0.05, 0) is 44.7 Å². The van der Waals surface area contributed by atoms with Gasteiger partial charge in [0.2, 0.25) is 0 Å². The van der Waals surface area contributed by atoms with Crippen LogP contribution in [0.2, 0.25) is 0 Å². The molecule has 0 N–H and O–H groups in total. The molecule has 0 amide bonds. The third-order valence-corrected chi connectivity index (χ3v) is 5.94. The normalized spacial score (nSPS) is 14.0. The Kier molecular flexibility index (Phi) is 3.42. The fourth-order valence-corrected chi connectivity index (χ4v) is 4.75. The maximum atomic E-state index is 5.80. The summed E-state index contributed by atoms with van der Waals surface area (Å²) in [5.74, 6) is 0.942. The Hall–Kier alpha value is -3.06. The van der Waals surface area contributed by atoms with Crippen molar-refractivity contribution in [1.82, 2.24) is 0 Å². The average Bonchev–Trinajstić information content (AvgIpc) is 2.71. The minimum atomic E-state index is -0.0966. The van der Waals surface area contributed by atoms with E-state index < -0.39 is 0 Å². The summed E-state index contributed by atoms with van der Waals surface area (Å²) in [5, 5.41) is 2.59. The Labute approximate surface area is 160 Å². The molecule has 4 aromatic rings. The van der Waals surface area contributed by atoms with Gasteiger partial charge in [0.25, 0.3) is 0 Å². The number of hydrogen-bond donors (Lipinski definition) is 0. The highest BCUT2D eigenvalue weighted by Crippen LogP contribution is 2.53. The van der Waals surface area contributed by atoms with Crippen molar-refractivity contribution in [1.29, 1.82) is 0 Å². The van der Waals surface area contributed by atoms with Gasteiger partial charge in [-0.15, -0.1) is 0 Å². The van der Waals surface area contributed by atoms with Crippen molar-refractivity contribution in [3.63, 3.8) is 0 Å². The summed E-state index contributed by atoms with van der Waals surface area (Å²) in [6.45, 7) is 4.69. The number of hydrogen-bond acceptors (Lipinski definition) is 1. The van der Waals surface area contributed by atoms with E-state index in [1.54, 1.807) is 7.11 Å². The molecule has 4 aromatic carbocycles. The molecule has 0 heterocycles. The highest BCUT2D eigenvalue weighted by atomic mass is 16.5. The molecule has 132 valence electrons. The summed E-state index contributed by atoms with van der Waals surface area (Å²) in [7, 11) is 1.76. The lowest BCUT2D eigenvalue weighted by molar-refractivity contribution is 0.416. The number of fused-ring (bicyclic) bond motifs is 2. The van der Waals surface area contributed by atoms with E-state index in [0.29, 0.717) is 0 Å². The van der Waals surface area contributed by atoms with Crippen molar-refractivity contribution in [2.45, 2.75) is 19.3 Å². The fourth-order valence-electron chi connectivity index (χ4n) is 4.75. The first-order valence-electron chi connectivity index (χ1n) is 9.42. The largest absolute Gasteiger partial charge is 0.496 e. The van der Waals surface area contributed by atoms with Crippen LogP contribution in [0.1, 0.15) is 25.0 Å². The summed E-state index contributed by atoms with van der Waals surface area (Å²) in [4.78, 5) is 0. The molecule has 0 spiro atoms. The Bertz CT molecular complexity index is 1170. The zero-order valence-corrected chi connectivity index (χ0v) is 15.9. The molecule has 1 aliphatic carbocycles. The summed E-state index contributed by atoms with van der Waals surface area (Å²) in [5.41, 5.74) is 7.70. The van der Waals surface area contributed by atoms with E-state index in [2.05, 4.69) is 92.7 Å². The average molecular weight is 350 g/mol. The van der Waals surface area contributed by atoms with Crippen LogP contribution >= 0.6 is 0 Å². The van der Waals surface area contributed by atoms with Crippen LogP contribution < -0.4 is 4.74 Å². The Morgan fingerprint density at radius 3 is 2.22 bits per heavy atom. The highest BCUT2D eigenvalue weighted by molar-refractivity contribution is 6.07. The molecular weight excluding hydrogens is 328 g/mol. The Balaban J connectivity index is 1.97. The van der Waals surface area contributed by atoms with E-state index in [-0.39, 0.29) is 5.41 Å². The molecule has 0 aliphatic heterocycles. The summed E-state index contributed by atoms with van der Waals surface area (Å²) < 4.78 is 5.80. The van der Waals surface area contributed by atoms with Crippen molar-refractivity contribution in [3.05, 3.63) is 90.0 Å². The number of rotatable bonds is 2. The molecule has 0 bridgehead atoms. The molecule has 0 radical (unpaired) electrons. The van der Waals surface area contributed by atoms with Crippen LogP contribution in [-0.2, 0) is 5.41 Å². The number of methoxy groups -OCH3 is 1. The fraction of sp³-hybridized carbons (Fsp3) is 0.154. The minimum absolute atomic E-state index is 0.0966. The molecule has 1 nitrogen and oxygen atoms in total. The molecule has 0 unspecified atom stereocenters. The maximum Gasteiger partial charge on any atom is 0.127 e. The van der Waals surface area contributed by atoms with Gasteiger partial charge < -0.3 is 4.74 Å². The highest BCUT2D eigenvalue weighted by Gasteiger charge is 2.36. The molecular formula is C26H22O. The summed E-state index contributed by atoms with van der Waals surface area (Å²) >= 11 is 0. The lowest BCUT2D eigenvalue weighted by Crippen LogP contribution is -2.25. The minimum Gasteiger partial charge on any atom is -0.496 e. The van der Waals surface area contributed by atoms with Crippen molar-refractivity contribution < 1.29 is 4.74 Å². The second kappa shape index (κ2) is 5.72. The first-order chi connectivity index (χ1) is 13.1. The van der Waals surface area contributed by atoms with Gasteiger partial charge in [0.15, 0.2) is 0 Å². The molecule has 0 atom stereocenters. The van der Waals surface area contributed by atoms with Gasteiger partial charge in [-0.2, -0.15) is 0 Å². The van der Waals surface area contributed by atoms with Crippen molar-refractivity contribution in [2.24, 2.45) is 0 Å². The second-order valence-corrected chi connectivity index (χ2v) is 7.77. The van der Waals surface area contributed by atoms with Gasteiger partial charge in [0.05, 0.1) is 7.11 Å². The van der Waals surface area contributed by atoms with Gasteiger partial charge >= 0.3 is 0 Å². The molecule has 1 aliphatic rings. The maximum absolute atomic E-state index is 5.80. The molecule has 0 aromatic heterocycles. The topological polar surface area (TPSA) is 9.23 Å². The van der Waals surface area contributed by atoms with Crippen LogP contribution in [0.25, 0.3) is 33.0 Å². The lowest BCUT2D eigenvalue weighted by atomic mass is 9.66. The predicted molar refractivity (Wildman–Crippen MR) is 114 cm³/mol.